The molecule has 0 radical (unpaired) electrons. The zero-order chi connectivity index (χ0) is 18.5. The van der Waals surface area contributed by atoms with Crippen LogP contribution in [0.1, 0.15) is 10.4 Å². The zero-order valence-electron chi connectivity index (χ0n) is 14.2. The number of carboxylic acids is 1. The van der Waals surface area contributed by atoms with E-state index in [0.717, 1.165) is 44.2 Å². The molecule has 1 N–H and O–H groups in total. The highest BCUT2D eigenvalue weighted by Crippen LogP contribution is 2.25. The monoisotopic (exact) mass is 394 g/mol. The Morgan fingerprint density at radius 1 is 1.00 bits per heavy atom. The normalized spacial score (nSPS) is 15.1. The summed E-state index contributed by atoms with van der Waals surface area (Å²) in [6.45, 7) is 4.66. The molecule has 2 aromatic carbocycles. The van der Waals surface area contributed by atoms with E-state index in [0.29, 0.717) is 16.7 Å². The van der Waals surface area contributed by atoms with Crippen molar-refractivity contribution in [2.75, 3.05) is 44.2 Å². The van der Waals surface area contributed by atoms with Gasteiger partial charge in [0.2, 0.25) is 0 Å². The first-order valence-corrected chi connectivity index (χ1v) is 9.17. The van der Waals surface area contributed by atoms with Crippen molar-refractivity contribution in [1.82, 2.24) is 4.90 Å². The summed E-state index contributed by atoms with van der Waals surface area (Å²) in [5.41, 5.74) is 0.969. The highest BCUT2D eigenvalue weighted by atomic mass is 35.5. The second-order valence-electron chi connectivity index (χ2n) is 6.10. The van der Waals surface area contributed by atoms with Gasteiger partial charge in [-0.25, -0.2) is 4.79 Å². The molecule has 2 aromatic rings. The third kappa shape index (κ3) is 4.81. The van der Waals surface area contributed by atoms with Crippen LogP contribution in [0.15, 0.2) is 42.5 Å². The van der Waals surface area contributed by atoms with Crippen LogP contribution in [-0.2, 0) is 0 Å². The third-order valence-corrected chi connectivity index (χ3v) is 4.88. The summed E-state index contributed by atoms with van der Waals surface area (Å²) >= 11 is 11.8. The van der Waals surface area contributed by atoms with E-state index < -0.39 is 5.97 Å². The SMILES string of the molecule is O=C(O)c1cc(Cl)ccc1N1CCN(CCOc2ccc(Cl)cc2)CC1. The van der Waals surface area contributed by atoms with Gasteiger partial charge in [0.15, 0.2) is 0 Å². The second kappa shape index (κ2) is 8.62. The van der Waals surface area contributed by atoms with Crippen molar-refractivity contribution in [3.05, 3.63) is 58.1 Å². The number of rotatable bonds is 6. The lowest BCUT2D eigenvalue weighted by Gasteiger charge is -2.36. The molecule has 1 saturated heterocycles. The first kappa shape index (κ1) is 18.8. The van der Waals surface area contributed by atoms with Gasteiger partial charge in [-0.3, -0.25) is 4.90 Å². The van der Waals surface area contributed by atoms with E-state index >= 15 is 0 Å². The van der Waals surface area contributed by atoms with Crippen LogP contribution >= 0.6 is 23.2 Å². The summed E-state index contributed by atoms with van der Waals surface area (Å²) in [5.74, 6) is -0.151. The van der Waals surface area contributed by atoms with Crippen LogP contribution in [0.3, 0.4) is 0 Å². The first-order chi connectivity index (χ1) is 12.5. The van der Waals surface area contributed by atoms with Crippen molar-refractivity contribution in [2.45, 2.75) is 0 Å². The molecule has 3 rings (SSSR count). The van der Waals surface area contributed by atoms with Crippen LogP contribution in [0.4, 0.5) is 5.69 Å². The van der Waals surface area contributed by atoms with Gasteiger partial charge in [-0.05, 0) is 42.5 Å². The molecular weight excluding hydrogens is 375 g/mol. The molecule has 0 amide bonds. The quantitative estimate of drug-likeness (QED) is 0.804. The Bertz CT molecular complexity index is 760. The Morgan fingerprint density at radius 2 is 1.65 bits per heavy atom. The predicted molar refractivity (Wildman–Crippen MR) is 104 cm³/mol. The molecule has 138 valence electrons. The Kier molecular flexibility index (Phi) is 6.25. The highest BCUT2D eigenvalue weighted by Gasteiger charge is 2.21. The summed E-state index contributed by atoms with van der Waals surface area (Å²) in [6, 6.07) is 12.3. The van der Waals surface area contributed by atoms with Crippen LogP contribution < -0.4 is 9.64 Å². The van der Waals surface area contributed by atoms with Gasteiger partial charge < -0.3 is 14.7 Å². The Hall–Kier alpha value is -1.95. The molecular formula is C19H20Cl2N2O3. The van der Waals surface area contributed by atoms with Gasteiger partial charge in [0.05, 0.1) is 11.3 Å². The Morgan fingerprint density at radius 3 is 2.31 bits per heavy atom. The van der Waals surface area contributed by atoms with Crippen molar-refractivity contribution in [3.63, 3.8) is 0 Å². The third-order valence-electron chi connectivity index (χ3n) is 4.39. The maximum absolute atomic E-state index is 11.5. The lowest BCUT2D eigenvalue weighted by Crippen LogP contribution is -2.47. The lowest BCUT2D eigenvalue weighted by molar-refractivity contribution is 0.0697. The maximum atomic E-state index is 11.5. The predicted octanol–water partition coefficient (Wildman–Crippen LogP) is 3.89. The molecule has 1 heterocycles. The molecule has 1 aliphatic heterocycles. The fourth-order valence-corrected chi connectivity index (χ4v) is 3.29. The minimum Gasteiger partial charge on any atom is -0.492 e. The van der Waals surface area contributed by atoms with E-state index in [1.165, 1.54) is 6.07 Å². The number of halogens is 2. The smallest absolute Gasteiger partial charge is 0.337 e. The minimum atomic E-state index is -0.957. The average molecular weight is 395 g/mol. The van der Waals surface area contributed by atoms with Crippen LogP contribution in [0, 0.1) is 0 Å². The largest absolute Gasteiger partial charge is 0.492 e. The first-order valence-electron chi connectivity index (χ1n) is 8.41. The number of hydrogen-bond acceptors (Lipinski definition) is 4. The second-order valence-corrected chi connectivity index (χ2v) is 6.97. The van der Waals surface area contributed by atoms with Crippen LogP contribution in [-0.4, -0.2) is 55.3 Å². The number of aromatic carboxylic acids is 1. The van der Waals surface area contributed by atoms with Gasteiger partial charge >= 0.3 is 5.97 Å². The molecule has 0 unspecified atom stereocenters. The summed E-state index contributed by atoms with van der Waals surface area (Å²) in [4.78, 5) is 15.9. The number of carboxylic acid groups (broad SMARTS) is 1. The summed E-state index contributed by atoms with van der Waals surface area (Å²) in [7, 11) is 0. The molecule has 7 heteroatoms. The fraction of sp³-hybridized carbons (Fsp3) is 0.316. The molecule has 5 nitrogen and oxygen atoms in total. The van der Waals surface area contributed by atoms with E-state index in [2.05, 4.69) is 9.80 Å². The van der Waals surface area contributed by atoms with Crippen LogP contribution in [0.2, 0.25) is 10.0 Å². The minimum absolute atomic E-state index is 0.247. The molecule has 1 fully saturated rings. The average Bonchev–Trinajstić information content (AvgIpc) is 2.64. The van der Waals surface area contributed by atoms with E-state index in [1.807, 2.05) is 24.3 Å². The van der Waals surface area contributed by atoms with Gasteiger partial charge in [0.25, 0.3) is 0 Å². The Balaban J connectivity index is 1.50. The zero-order valence-corrected chi connectivity index (χ0v) is 15.7. The number of hydrogen-bond donors (Lipinski definition) is 1. The summed E-state index contributed by atoms with van der Waals surface area (Å²) in [5, 5.41) is 10.5. The van der Waals surface area contributed by atoms with E-state index in [1.54, 1.807) is 12.1 Å². The highest BCUT2D eigenvalue weighted by molar-refractivity contribution is 6.31. The standard InChI is InChI=1S/C19H20Cl2N2O3/c20-14-1-4-16(5-2-14)26-12-11-22-7-9-23(10-8-22)18-6-3-15(21)13-17(18)19(24)25/h1-6,13H,7-12H2,(H,24,25). The Labute approximate surface area is 162 Å². The van der Waals surface area contributed by atoms with Crippen molar-refractivity contribution in [2.24, 2.45) is 0 Å². The fourth-order valence-electron chi connectivity index (χ4n) is 2.99. The number of carbonyl (C=O) groups is 1. The van der Waals surface area contributed by atoms with E-state index in [4.69, 9.17) is 27.9 Å². The molecule has 0 aromatic heterocycles. The van der Waals surface area contributed by atoms with E-state index in [-0.39, 0.29) is 5.56 Å². The van der Waals surface area contributed by atoms with Crippen molar-refractivity contribution >= 4 is 34.9 Å². The topological polar surface area (TPSA) is 53.0 Å². The molecule has 0 spiro atoms. The number of anilines is 1. The molecule has 1 aliphatic rings. The van der Waals surface area contributed by atoms with Gasteiger partial charge in [-0.2, -0.15) is 0 Å². The van der Waals surface area contributed by atoms with Crippen LogP contribution in [0.5, 0.6) is 5.75 Å². The summed E-state index contributed by atoms with van der Waals surface area (Å²) in [6.07, 6.45) is 0. The molecule has 0 saturated carbocycles. The number of nitrogens with zero attached hydrogens (tertiary/aromatic N) is 2. The molecule has 0 bridgehead atoms. The number of benzene rings is 2. The number of piperazine rings is 1. The van der Waals surface area contributed by atoms with Gasteiger partial charge in [0.1, 0.15) is 12.4 Å². The summed E-state index contributed by atoms with van der Waals surface area (Å²) < 4.78 is 5.73. The van der Waals surface area contributed by atoms with E-state index in [9.17, 15) is 9.90 Å². The molecule has 0 atom stereocenters. The maximum Gasteiger partial charge on any atom is 0.337 e. The lowest BCUT2D eigenvalue weighted by atomic mass is 10.1. The van der Waals surface area contributed by atoms with Crippen LogP contribution in [0.25, 0.3) is 0 Å². The number of ether oxygens (including phenoxy) is 1. The molecule has 0 aliphatic carbocycles. The van der Waals surface area contributed by atoms with Crippen molar-refractivity contribution in [1.29, 1.82) is 0 Å². The van der Waals surface area contributed by atoms with Gasteiger partial charge in [0, 0.05) is 42.8 Å². The van der Waals surface area contributed by atoms with Crippen molar-refractivity contribution in [3.8, 4) is 5.75 Å². The van der Waals surface area contributed by atoms with Gasteiger partial charge in [-0.15, -0.1) is 0 Å². The van der Waals surface area contributed by atoms with Crippen molar-refractivity contribution < 1.29 is 14.6 Å². The molecule has 26 heavy (non-hydrogen) atoms. The van der Waals surface area contributed by atoms with Gasteiger partial charge in [-0.1, -0.05) is 23.2 Å².